The summed E-state index contributed by atoms with van der Waals surface area (Å²) in [5.41, 5.74) is 1.28. The van der Waals surface area contributed by atoms with Crippen molar-refractivity contribution in [2.45, 2.75) is 13.8 Å². The van der Waals surface area contributed by atoms with E-state index in [1.807, 2.05) is 13.8 Å². The van der Waals surface area contributed by atoms with Crippen LogP contribution in [0.4, 0.5) is 11.4 Å². The molecule has 0 saturated heterocycles. The minimum absolute atomic E-state index is 0.595. The van der Waals surface area contributed by atoms with E-state index in [0.29, 0.717) is 11.4 Å². The van der Waals surface area contributed by atoms with Gasteiger partial charge < -0.3 is 0 Å². The van der Waals surface area contributed by atoms with Crippen LogP contribution in [0.15, 0.2) is 22.1 Å². The first-order valence-electron chi connectivity index (χ1n) is 3.74. The largest absolute Gasteiger partial charge is 0.262 e. The second kappa shape index (κ2) is 6.11. The van der Waals surface area contributed by atoms with Crippen LogP contribution in [0.2, 0.25) is 0 Å². The molecule has 1 aromatic carbocycles. The molecule has 2 nitrogen and oxygen atoms in total. The van der Waals surface area contributed by atoms with Gasteiger partial charge in [-0.2, -0.15) is 0 Å². The lowest BCUT2D eigenvalue weighted by atomic mass is 10.3. The van der Waals surface area contributed by atoms with Gasteiger partial charge >= 0.3 is 0 Å². The average molecular weight is 160 g/mol. The van der Waals surface area contributed by atoms with Gasteiger partial charge in [0, 0.05) is 0 Å². The molecule has 0 aromatic heterocycles. The molecule has 62 valence electrons. The Morgan fingerprint density at radius 1 is 1.25 bits per heavy atom. The second-order valence-electron chi connectivity index (χ2n) is 1.65. The fourth-order valence-electron chi connectivity index (χ4n) is 0.622. The zero-order valence-electron chi connectivity index (χ0n) is 7.46. The molecular weight excluding hydrogens is 148 g/mol. The highest BCUT2D eigenvalue weighted by molar-refractivity contribution is 5.64. The summed E-state index contributed by atoms with van der Waals surface area (Å²) < 4.78 is 0. The van der Waals surface area contributed by atoms with Crippen molar-refractivity contribution in [3.8, 4) is 0 Å². The van der Waals surface area contributed by atoms with Gasteiger partial charge in [0.05, 0.1) is 5.69 Å². The Labute approximate surface area is 73.7 Å². The predicted molar refractivity (Wildman–Crippen MR) is 53.9 cm³/mol. The molecule has 0 aliphatic carbocycles. The summed E-state index contributed by atoms with van der Waals surface area (Å²) in [4.78, 5) is 7.38. The van der Waals surface area contributed by atoms with Crippen LogP contribution in [0.1, 0.15) is 13.8 Å². The predicted octanol–water partition coefficient (Wildman–Crippen LogP) is 2.98. The summed E-state index contributed by atoms with van der Waals surface area (Å²) in [6, 6.07) is 8.95. The van der Waals surface area contributed by atoms with Crippen LogP contribution in [-0.2, 0) is 0 Å². The third-order valence-electron chi connectivity index (χ3n) is 1.09. The smallest absolute Gasteiger partial charge is 0.138 e. The van der Waals surface area contributed by atoms with Crippen molar-refractivity contribution in [1.82, 2.24) is 0 Å². The van der Waals surface area contributed by atoms with Crippen molar-refractivity contribution in [3.05, 3.63) is 24.3 Å². The Balaban J connectivity index is 0.000000561. The third-order valence-corrected chi connectivity index (χ3v) is 1.09. The average Bonchev–Trinajstić information content (AvgIpc) is 2.20. The molecule has 0 saturated carbocycles. The number of rotatable bonds is 2. The summed E-state index contributed by atoms with van der Waals surface area (Å²) in [5.74, 6) is 0. The first-order valence-corrected chi connectivity index (χ1v) is 3.74. The zero-order valence-corrected chi connectivity index (χ0v) is 7.46. The van der Waals surface area contributed by atoms with Gasteiger partial charge in [-0.15, -0.1) is 0 Å². The minimum atomic E-state index is 0.595. The second-order valence-corrected chi connectivity index (χ2v) is 1.65. The van der Waals surface area contributed by atoms with E-state index in [9.17, 15) is 0 Å². The van der Waals surface area contributed by atoms with Gasteiger partial charge in [-0.25, -0.2) is 0 Å². The lowest BCUT2D eigenvalue weighted by Gasteiger charge is -1.90. The Bertz CT molecular complexity index is 227. The third kappa shape index (κ3) is 2.55. The molecule has 0 radical (unpaired) electrons. The van der Waals surface area contributed by atoms with Crippen LogP contribution in [-0.4, -0.2) is 13.4 Å². The Morgan fingerprint density at radius 2 is 1.92 bits per heavy atom. The van der Waals surface area contributed by atoms with Crippen molar-refractivity contribution in [3.63, 3.8) is 0 Å². The van der Waals surface area contributed by atoms with Gasteiger partial charge in [0.2, 0.25) is 0 Å². The molecule has 0 amide bonds. The standard InChI is InChI=1S/C8H6N2.C2H6/c1-9-7-5-3-4-6-8(7)10-2;1-2/h3,5H,1-2H2;1-2H3. The van der Waals surface area contributed by atoms with Gasteiger partial charge in [0.25, 0.3) is 0 Å². The van der Waals surface area contributed by atoms with Crippen LogP contribution in [0.5, 0.6) is 0 Å². The zero-order chi connectivity index (χ0) is 9.40. The highest BCUT2D eigenvalue weighted by Gasteiger charge is 1.91. The van der Waals surface area contributed by atoms with E-state index in [-0.39, 0.29) is 0 Å². The quantitative estimate of drug-likeness (QED) is 0.594. The van der Waals surface area contributed by atoms with E-state index in [0.717, 1.165) is 0 Å². The Morgan fingerprint density at radius 3 is 2.33 bits per heavy atom. The fourth-order valence-corrected chi connectivity index (χ4v) is 0.622. The molecule has 0 N–H and O–H groups in total. The van der Waals surface area contributed by atoms with Crippen LogP contribution >= 0.6 is 0 Å². The Hall–Kier alpha value is -1.62. The number of hydrogen-bond acceptors (Lipinski definition) is 2. The molecule has 12 heavy (non-hydrogen) atoms. The lowest BCUT2D eigenvalue weighted by Crippen LogP contribution is -1.61. The number of nitrogens with zero attached hydrogens (tertiary/aromatic N) is 2. The molecule has 1 rings (SSSR count). The van der Waals surface area contributed by atoms with E-state index >= 15 is 0 Å². The van der Waals surface area contributed by atoms with Gasteiger partial charge in [-0.05, 0) is 31.6 Å². The van der Waals surface area contributed by atoms with Crippen molar-refractivity contribution < 1.29 is 0 Å². The first kappa shape index (κ1) is 10.4. The van der Waals surface area contributed by atoms with E-state index in [4.69, 9.17) is 0 Å². The van der Waals surface area contributed by atoms with E-state index < -0.39 is 0 Å². The molecule has 0 unspecified atom stereocenters. The van der Waals surface area contributed by atoms with Crippen LogP contribution in [0, 0.1) is 12.1 Å². The van der Waals surface area contributed by atoms with Gasteiger partial charge in [0.15, 0.2) is 0 Å². The maximum absolute atomic E-state index is 3.71. The lowest BCUT2D eigenvalue weighted by molar-refractivity contribution is 1.49. The first-order chi connectivity index (χ1) is 5.88. The molecule has 0 fully saturated rings. The van der Waals surface area contributed by atoms with Crippen LogP contribution in [0.3, 0.4) is 0 Å². The number of aliphatic imine (C=N–C) groups is 2. The van der Waals surface area contributed by atoms with Crippen molar-refractivity contribution >= 4 is 24.8 Å². The Kier molecular flexibility index (Phi) is 5.29. The summed E-state index contributed by atoms with van der Waals surface area (Å²) >= 11 is 0. The molecule has 0 spiro atoms. The van der Waals surface area contributed by atoms with E-state index in [1.165, 1.54) is 0 Å². The van der Waals surface area contributed by atoms with Gasteiger partial charge in [-0.3, -0.25) is 9.98 Å². The van der Waals surface area contributed by atoms with Crippen molar-refractivity contribution in [2.24, 2.45) is 9.98 Å². The number of hydrogen-bond donors (Lipinski definition) is 0. The molecule has 0 heterocycles. The normalized spacial score (nSPS) is 7.17. The monoisotopic (exact) mass is 160 g/mol. The molecular formula is C10H12N2. The molecule has 0 bridgehead atoms. The summed E-state index contributed by atoms with van der Waals surface area (Å²) in [5, 5.41) is 0. The topological polar surface area (TPSA) is 24.7 Å². The van der Waals surface area contributed by atoms with Crippen LogP contribution < -0.4 is 0 Å². The van der Waals surface area contributed by atoms with Crippen molar-refractivity contribution in [2.75, 3.05) is 0 Å². The van der Waals surface area contributed by atoms with Gasteiger partial charge in [-0.1, -0.05) is 19.9 Å². The molecule has 0 aliphatic rings. The molecule has 0 atom stereocenters. The minimum Gasteiger partial charge on any atom is -0.262 e. The van der Waals surface area contributed by atoms with Gasteiger partial charge in [0.1, 0.15) is 5.69 Å². The fraction of sp³-hybridized carbons (Fsp3) is 0.200. The summed E-state index contributed by atoms with van der Waals surface area (Å²) in [6.07, 6.45) is 0. The maximum atomic E-state index is 3.71. The summed E-state index contributed by atoms with van der Waals surface area (Å²) in [6.45, 7) is 10.7. The van der Waals surface area contributed by atoms with Crippen LogP contribution in [0.25, 0.3) is 0 Å². The van der Waals surface area contributed by atoms with E-state index in [2.05, 4.69) is 35.6 Å². The summed E-state index contributed by atoms with van der Waals surface area (Å²) in [7, 11) is 0. The molecule has 2 heteroatoms. The molecule has 1 aromatic rings. The van der Waals surface area contributed by atoms with Crippen molar-refractivity contribution in [1.29, 1.82) is 0 Å². The highest BCUT2D eigenvalue weighted by Crippen LogP contribution is 2.22. The van der Waals surface area contributed by atoms with E-state index in [1.54, 1.807) is 12.1 Å². The highest BCUT2D eigenvalue weighted by atomic mass is 14.8. The maximum Gasteiger partial charge on any atom is 0.138 e. The SMILES string of the molecule is C=Nc1c#cccc1N=C.CC. The molecule has 0 aliphatic heterocycles.